The number of esters is 1. The molecule has 1 unspecified atom stereocenters. The first kappa shape index (κ1) is 15.0. The summed E-state index contributed by atoms with van der Waals surface area (Å²) in [6.07, 6.45) is 1.35. The van der Waals surface area contributed by atoms with Gasteiger partial charge in [0.15, 0.2) is 0 Å². The minimum absolute atomic E-state index is 0.120. The van der Waals surface area contributed by atoms with Crippen molar-refractivity contribution in [3.05, 3.63) is 34.9 Å². The molecule has 1 aromatic carbocycles. The number of hydrogen-bond donors (Lipinski definition) is 0. The maximum absolute atomic E-state index is 11.7. The van der Waals surface area contributed by atoms with Gasteiger partial charge in [-0.2, -0.15) is 0 Å². The molecule has 0 fully saturated rings. The lowest BCUT2D eigenvalue weighted by atomic mass is 9.93. The third-order valence-electron chi connectivity index (χ3n) is 2.82. The third kappa shape index (κ3) is 5.09. The van der Waals surface area contributed by atoms with Crippen LogP contribution in [0.4, 0.5) is 0 Å². The molecule has 2 nitrogen and oxygen atoms in total. The molecule has 0 spiro atoms. The van der Waals surface area contributed by atoms with E-state index in [1.165, 1.54) is 0 Å². The minimum atomic E-state index is -0.120. The van der Waals surface area contributed by atoms with E-state index in [1.807, 2.05) is 38.1 Å². The molecule has 100 valence electrons. The van der Waals surface area contributed by atoms with Crippen molar-refractivity contribution in [2.24, 2.45) is 5.92 Å². The van der Waals surface area contributed by atoms with Crippen molar-refractivity contribution in [2.75, 3.05) is 6.61 Å². The Bertz CT molecular complexity index is 371. The second kappa shape index (κ2) is 7.42. The number of carbonyl (C=O) groups is 1. The highest BCUT2D eigenvalue weighted by Gasteiger charge is 2.15. The summed E-state index contributed by atoms with van der Waals surface area (Å²) in [5.74, 6) is 0.469. The van der Waals surface area contributed by atoms with Gasteiger partial charge in [0.1, 0.15) is 0 Å². The van der Waals surface area contributed by atoms with Gasteiger partial charge in [0.05, 0.1) is 13.0 Å². The Labute approximate surface area is 114 Å². The van der Waals surface area contributed by atoms with Crippen LogP contribution >= 0.6 is 11.6 Å². The zero-order valence-corrected chi connectivity index (χ0v) is 12.0. The highest BCUT2D eigenvalue weighted by atomic mass is 35.5. The van der Waals surface area contributed by atoms with E-state index in [0.29, 0.717) is 18.9 Å². The van der Waals surface area contributed by atoms with Gasteiger partial charge in [0.25, 0.3) is 0 Å². The van der Waals surface area contributed by atoms with Crippen molar-refractivity contribution in [1.82, 2.24) is 0 Å². The van der Waals surface area contributed by atoms with Gasteiger partial charge in [0.2, 0.25) is 0 Å². The highest BCUT2D eigenvalue weighted by molar-refractivity contribution is 6.30. The van der Waals surface area contributed by atoms with Crippen molar-refractivity contribution < 1.29 is 9.53 Å². The summed E-state index contributed by atoms with van der Waals surface area (Å²) in [5.41, 5.74) is 1.14. The van der Waals surface area contributed by atoms with E-state index in [9.17, 15) is 4.79 Å². The predicted octanol–water partition coefficient (Wildman–Crippen LogP) is 4.42. The second-order valence-electron chi connectivity index (χ2n) is 4.94. The van der Waals surface area contributed by atoms with Crippen molar-refractivity contribution in [1.29, 1.82) is 0 Å². The van der Waals surface area contributed by atoms with Gasteiger partial charge in [-0.1, -0.05) is 44.5 Å². The Kier molecular flexibility index (Phi) is 6.20. The van der Waals surface area contributed by atoms with Crippen molar-refractivity contribution >= 4 is 17.6 Å². The van der Waals surface area contributed by atoms with Gasteiger partial charge in [-0.25, -0.2) is 0 Å². The van der Waals surface area contributed by atoms with Crippen LogP contribution in [0.5, 0.6) is 0 Å². The maximum Gasteiger partial charge on any atom is 0.306 e. The predicted molar refractivity (Wildman–Crippen MR) is 74.9 cm³/mol. The molecule has 0 bridgehead atoms. The standard InChI is InChI=1S/C15H21ClO2/c1-4-12(9-15(17)18-10-11(2)3)13-5-7-14(16)8-6-13/h5-8,11-12H,4,9-10H2,1-3H3. The van der Waals surface area contributed by atoms with Crippen LogP contribution in [-0.2, 0) is 9.53 Å². The molecular formula is C15H21ClO2. The zero-order valence-electron chi connectivity index (χ0n) is 11.3. The zero-order chi connectivity index (χ0) is 13.5. The first-order valence-electron chi connectivity index (χ1n) is 6.44. The molecule has 3 heteroatoms. The van der Waals surface area contributed by atoms with Gasteiger partial charge in [-0.15, -0.1) is 0 Å². The number of halogens is 1. The molecule has 0 saturated heterocycles. The molecule has 0 radical (unpaired) electrons. The van der Waals surface area contributed by atoms with Gasteiger partial charge >= 0.3 is 5.97 Å². The fourth-order valence-electron chi connectivity index (χ4n) is 1.75. The van der Waals surface area contributed by atoms with Crippen molar-refractivity contribution in [2.45, 2.75) is 39.5 Å². The summed E-state index contributed by atoms with van der Waals surface area (Å²) in [6, 6.07) is 7.68. The Hall–Kier alpha value is -1.02. The lowest BCUT2D eigenvalue weighted by Crippen LogP contribution is -2.13. The quantitative estimate of drug-likeness (QED) is 0.714. The van der Waals surface area contributed by atoms with Crippen LogP contribution in [0.2, 0.25) is 5.02 Å². The Balaban J connectivity index is 2.56. The average molecular weight is 269 g/mol. The average Bonchev–Trinajstić information content (AvgIpc) is 2.34. The number of ether oxygens (including phenoxy) is 1. The Morgan fingerprint density at radius 3 is 2.39 bits per heavy atom. The lowest BCUT2D eigenvalue weighted by Gasteiger charge is -2.15. The monoisotopic (exact) mass is 268 g/mol. The molecule has 1 rings (SSSR count). The molecule has 0 heterocycles. The van der Waals surface area contributed by atoms with Crippen molar-refractivity contribution in [3.8, 4) is 0 Å². The summed E-state index contributed by atoms with van der Waals surface area (Å²) in [5, 5.41) is 0.719. The summed E-state index contributed by atoms with van der Waals surface area (Å²) in [7, 11) is 0. The molecule has 0 saturated carbocycles. The maximum atomic E-state index is 11.7. The van der Waals surface area contributed by atoms with Gasteiger partial charge < -0.3 is 4.74 Å². The van der Waals surface area contributed by atoms with E-state index >= 15 is 0 Å². The Morgan fingerprint density at radius 1 is 1.28 bits per heavy atom. The minimum Gasteiger partial charge on any atom is -0.465 e. The van der Waals surface area contributed by atoms with E-state index in [0.717, 1.165) is 17.0 Å². The van der Waals surface area contributed by atoms with E-state index < -0.39 is 0 Å². The van der Waals surface area contributed by atoms with Crippen LogP contribution < -0.4 is 0 Å². The van der Waals surface area contributed by atoms with Crippen LogP contribution in [0, 0.1) is 5.92 Å². The SMILES string of the molecule is CCC(CC(=O)OCC(C)C)c1ccc(Cl)cc1. The summed E-state index contributed by atoms with van der Waals surface area (Å²) in [4.78, 5) is 11.7. The largest absolute Gasteiger partial charge is 0.465 e. The van der Waals surface area contributed by atoms with Gasteiger partial charge in [-0.05, 0) is 36.0 Å². The fourth-order valence-corrected chi connectivity index (χ4v) is 1.88. The fraction of sp³-hybridized carbons (Fsp3) is 0.533. The molecule has 0 aromatic heterocycles. The smallest absolute Gasteiger partial charge is 0.306 e. The highest BCUT2D eigenvalue weighted by Crippen LogP contribution is 2.25. The summed E-state index contributed by atoms with van der Waals surface area (Å²) < 4.78 is 5.22. The number of benzene rings is 1. The molecule has 1 atom stereocenters. The van der Waals surface area contributed by atoms with Crippen LogP contribution in [0.15, 0.2) is 24.3 Å². The summed E-state index contributed by atoms with van der Waals surface area (Å²) >= 11 is 5.86. The van der Waals surface area contributed by atoms with Gasteiger partial charge in [0, 0.05) is 5.02 Å². The normalized spacial score (nSPS) is 12.5. The number of carbonyl (C=O) groups excluding carboxylic acids is 1. The van der Waals surface area contributed by atoms with E-state index in [-0.39, 0.29) is 11.9 Å². The number of rotatable bonds is 6. The van der Waals surface area contributed by atoms with Crippen LogP contribution in [0.1, 0.15) is 45.1 Å². The first-order valence-corrected chi connectivity index (χ1v) is 6.81. The topological polar surface area (TPSA) is 26.3 Å². The molecular weight excluding hydrogens is 248 g/mol. The van der Waals surface area contributed by atoms with Crippen LogP contribution in [0.3, 0.4) is 0 Å². The first-order chi connectivity index (χ1) is 8.52. The van der Waals surface area contributed by atoms with Crippen LogP contribution in [-0.4, -0.2) is 12.6 Å². The molecule has 0 aliphatic carbocycles. The van der Waals surface area contributed by atoms with E-state index in [1.54, 1.807) is 0 Å². The molecule has 0 aliphatic heterocycles. The molecule has 0 amide bonds. The second-order valence-corrected chi connectivity index (χ2v) is 5.37. The van der Waals surface area contributed by atoms with E-state index in [4.69, 9.17) is 16.3 Å². The molecule has 18 heavy (non-hydrogen) atoms. The summed E-state index contributed by atoms with van der Waals surface area (Å²) in [6.45, 7) is 6.64. The Morgan fingerprint density at radius 2 is 1.89 bits per heavy atom. The van der Waals surface area contributed by atoms with E-state index in [2.05, 4.69) is 6.92 Å². The third-order valence-corrected chi connectivity index (χ3v) is 3.08. The van der Waals surface area contributed by atoms with Crippen LogP contribution in [0.25, 0.3) is 0 Å². The number of hydrogen-bond acceptors (Lipinski definition) is 2. The lowest BCUT2D eigenvalue weighted by molar-refractivity contribution is -0.145. The van der Waals surface area contributed by atoms with Crippen molar-refractivity contribution in [3.63, 3.8) is 0 Å². The molecule has 1 aromatic rings. The molecule has 0 aliphatic rings. The van der Waals surface area contributed by atoms with Gasteiger partial charge in [-0.3, -0.25) is 4.79 Å². The molecule has 0 N–H and O–H groups in total.